The number of benzene rings is 1. The normalized spacial score (nSPS) is 10.6. The average Bonchev–Trinajstić information content (AvgIpc) is 2.51. The molecule has 1 rings (SSSR count). The number of aliphatic imine (C=N–C) groups is 1. The van der Waals surface area contributed by atoms with E-state index in [1.54, 1.807) is 7.05 Å². The van der Waals surface area contributed by atoms with Crippen molar-refractivity contribution >= 4 is 35.8 Å². The Labute approximate surface area is 150 Å². The lowest BCUT2D eigenvalue weighted by atomic mass is 10.1. The van der Waals surface area contributed by atoms with Gasteiger partial charge in [-0.3, -0.25) is 9.79 Å². The molecule has 1 amide bonds. The SMILES string of the molecule is CCCCNC(=NC)NCc1cccc(C(=O)NCC)c1.I. The molecule has 3 N–H and O–H groups in total. The van der Waals surface area contributed by atoms with Crippen molar-refractivity contribution in [1.82, 2.24) is 16.0 Å². The molecule has 0 saturated carbocycles. The van der Waals surface area contributed by atoms with Crippen LogP contribution in [0.4, 0.5) is 0 Å². The van der Waals surface area contributed by atoms with Crippen LogP contribution < -0.4 is 16.0 Å². The summed E-state index contributed by atoms with van der Waals surface area (Å²) in [7, 11) is 1.76. The summed E-state index contributed by atoms with van der Waals surface area (Å²) in [6.07, 6.45) is 2.27. The minimum Gasteiger partial charge on any atom is -0.356 e. The molecule has 0 heterocycles. The lowest BCUT2D eigenvalue weighted by Crippen LogP contribution is -2.37. The molecule has 0 radical (unpaired) electrons. The van der Waals surface area contributed by atoms with E-state index in [0.717, 1.165) is 30.9 Å². The number of nitrogens with one attached hydrogen (secondary N) is 3. The Morgan fingerprint density at radius 1 is 1.18 bits per heavy atom. The van der Waals surface area contributed by atoms with Crippen molar-refractivity contribution in [1.29, 1.82) is 0 Å². The van der Waals surface area contributed by atoms with E-state index < -0.39 is 0 Å². The first-order chi connectivity index (χ1) is 10.2. The van der Waals surface area contributed by atoms with Gasteiger partial charge in [-0.05, 0) is 31.0 Å². The number of hydrogen-bond acceptors (Lipinski definition) is 2. The smallest absolute Gasteiger partial charge is 0.251 e. The Kier molecular flexibility index (Phi) is 11.5. The first-order valence-corrected chi connectivity index (χ1v) is 7.52. The highest BCUT2D eigenvalue weighted by atomic mass is 127. The van der Waals surface area contributed by atoms with Gasteiger partial charge in [-0.25, -0.2) is 0 Å². The lowest BCUT2D eigenvalue weighted by Gasteiger charge is -2.12. The third kappa shape index (κ3) is 7.63. The number of guanidine groups is 1. The summed E-state index contributed by atoms with van der Waals surface area (Å²) in [4.78, 5) is 16.0. The van der Waals surface area contributed by atoms with Crippen molar-refractivity contribution < 1.29 is 4.79 Å². The molecule has 6 heteroatoms. The van der Waals surface area contributed by atoms with Crippen LogP contribution in [0.3, 0.4) is 0 Å². The van der Waals surface area contributed by atoms with E-state index in [-0.39, 0.29) is 29.9 Å². The second-order valence-corrected chi connectivity index (χ2v) is 4.77. The summed E-state index contributed by atoms with van der Waals surface area (Å²) < 4.78 is 0. The van der Waals surface area contributed by atoms with Crippen LogP contribution in [0.25, 0.3) is 0 Å². The van der Waals surface area contributed by atoms with Crippen molar-refractivity contribution in [3.05, 3.63) is 35.4 Å². The molecule has 0 unspecified atom stereocenters. The Morgan fingerprint density at radius 3 is 2.59 bits per heavy atom. The number of carbonyl (C=O) groups excluding carboxylic acids is 1. The Hall–Kier alpha value is -1.31. The van der Waals surface area contributed by atoms with Gasteiger partial charge in [0.1, 0.15) is 0 Å². The minimum absolute atomic E-state index is 0. The fraction of sp³-hybridized carbons (Fsp3) is 0.500. The molecular weight excluding hydrogens is 391 g/mol. The molecule has 0 bridgehead atoms. The zero-order valence-electron chi connectivity index (χ0n) is 13.6. The molecule has 1 aromatic rings. The lowest BCUT2D eigenvalue weighted by molar-refractivity contribution is 0.0955. The maximum absolute atomic E-state index is 11.8. The van der Waals surface area contributed by atoms with Crippen LogP contribution in [0.2, 0.25) is 0 Å². The van der Waals surface area contributed by atoms with Crippen molar-refractivity contribution in [2.45, 2.75) is 33.2 Å². The molecule has 0 aromatic heterocycles. The van der Waals surface area contributed by atoms with Crippen LogP contribution in [0, 0.1) is 0 Å². The molecule has 0 fully saturated rings. The molecule has 22 heavy (non-hydrogen) atoms. The van der Waals surface area contributed by atoms with Crippen LogP contribution in [0.15, 0.2) is 29.3 Å². The van der Waals surface area contributed by atoms with Crippen LogP contribution in [-0.2, 0) is 6.54 Å². The first-order valence-electron chi connectivity index (χ1n) is 7.52. The van der Waals surface area contributed by atoms with Gasteiger partial charge >= 0.3 is 0 Å². The Bertz CT molecular complexity index is 477. The van der Waals surface area contributed by atoms with Gasteiger partial charge in [0, 0.05) is 32.2 Å². The van der Waals surface area contributed by atoms with E-state index >= 15 is 0 Å². The predicted molar refractivity (Wildman–Crippen MR) is 103 cm³/mol. The van der Waals surface area contributed by atoms with Crippen LogP contribution in [-0.4, -0.2) is 32.0 Å². The minimum atomic E-state index is -0.0372. The molecule has 0 atom stereocenters. The van der Waals surface area contributed by atoms with E-state index in [0.29, 0.717) is 18.7 Å². The maximum Gasteiger partial charge on any atom is 0.251 e. The number of halogens is 1. The number of amides is 1. The first kappa shape index (κ1) is 20.7. The van der Waals surface area contributed by atoms with Gasteiger partial charge in [0.05, 0.1) is 0 Å². The number of nitrogens with zero attached hydrogens (tertiary/aromatic N) is 1. The molecular formula is C16H27IN4O. The molecule has 0 aliphatic rings. The number of unbranched alkanes of at least 4 members (excludes halogenated alkanes) is 1. The topological polar surface area (TPSA) is 65.5 Å². The third-order valence-corrected chi connectivity index (χ3v) is 3.03. The molecule has 124 valence electrons. The van der Waals surface area contributed by atoms with Gasteiger partial charge in [0.25, 0.3) is 5.91 Å². The summed E-state index contributed by atoms with van der Waals surface area (Å²) in [6, 6.07) is 7.62. The second kappa shape index (κ2) is 12.3. The summed E-state index contributed by atoms with van der Waals surface area (Å²) in [5, 5.41) is 9.31. The van der Waals surface area contributed by atoms with E-state index in [2.05, 4.69) is 27.9 Å². The van der Waals surface area contributed by atoms with Gasteiger partial charge in [-0.2, -0.15) is 0 Å². The van der Waals surface area contributed by atoms with E-state index in [1.165, 1.54) is 0 Å². The Morgan fingerprint density at radius 2 is 1.95 bits per heavy atom. The van der Waals surface area contributed by atoms with Crippen LogP contribution in [0.5, 0.6) is 0 Å². The molecule has 0 spiro atoms. The largest absolute Gasteiger partial charge is 0.356 e. The second-order valence-electron chi connectivity index (χ2n) is 4.77. The van der Waals surface area contributed by atoms with Gasteiger partial charge < -0.3 is 16.0 Å². The average molecular weight is 418 g/mol. The highest BCUT2D eigenvalue weighted by Crippen LogP contribution is 2.05. The van der Waals surface area contributed by atoms with Gasteiger partial charge in [0.15, 0.2) is 5.96 Å². The maximum atomic E-state index is 11.8. The summed E-state index contributed by atoms with van der Waals surface area (Å²) in [5.74, 6) is 0.747. The van der Waals surface area contributed by atoms with Crippen molar-refractivity contribution in [2.24, 2.45) is 4.99 Å². The summed E-state index contributed by atoms with van der Waals surface area (Å²) >= 11 is 0. The van der Waals surface area contributed by atoms with Gasteiger partial charge in [0.2, 0.25) is 0 Å². The standard InChI is InChI=1S/C16H26N4O.HI/c1-4-6-10-19-16(17-3)20-12-13-8-7-9-14(11-13)15(21)18-5-2;/h7-9,11H,4-6,10,12H2,1-3H3,(H,18,21)(H2,17,19,20);1H. The van der Waals surface area contributed by atoms with Crippen molar-refractivity contribution in [3.8, 4) is 0 Å². The van der Waals surface area contributed by atoms with Gasteiger partial charge in [-0.15, -0.1) is 24.0 Å². The van der Waals surface area contributed by atoms with E-state index in [4.69, 9.17) is 0 Å². The molecule has 5 nitrogen and oxygen atoms in total. The third-order valence-electron chi connectivity index (χ3n) is 3.03. The number of carbonyl (C=O) groups is 1. The highest BCUT2D eigenvalue weighted by Gasteiger charge is 2.05. The van der Waals surface area contributed by atoms with Crippen LogP contribution >= 0.6 is 24.0 Å². The fourth-order valence-corrected chi connectivity index (χ4v) is 1.88. The number of hydrogen-bond donors (Lipinski definition) is 3. The van der Waals surface area contributed by atoms with Crippen molar-refractivity contribution in [2.75, 3.05) is 20.1 Å². The Balaban J connectivity index is 0.00000441. The summed E-state index contributed by atoms with van der Waals surface area (Å²) in [5.41, 5.74) is 1.74. The zero-order valence-corrected chi connectivity index (χ0v) is 15.9. The van der Waals surface area contributed by atoms with Gasteiger partial charge in [-0.1, -0.05) is 25.5 Å². The molecule has 0 saturated heterocycles. The quantitative estimate of drug-likeness (QED) is 0.276. The molecule has 1 aromatic carbocycles. The van der Waals surface area contributed by atoms with E-state index in [1.807, 2.05) is 31.2 Å². The zero-order chi connectivity index (χ0) is 15.5. The highest BCUT2D eigenvalue weighted by molar-refractivity contribution is 14.0. The fourth-order valence-electron chi connectivity index (χ4n) is 1.88. The van der Waals surface area contributed by atoms with Crippen LogP contribution in [0.1, 0.15) is 42.6 Å². The molecule has 0 aliphatic heterocycles. The summed E-state index contributed by atoms with van der Waals surface area (Å²) in [6.45, 7) is 6.25. The molecule has 0 aliphatic carbocycles. The van der Waals surface area contributed by atoms with E-state index in [9.17, 15) is 4.79 Å². The monoisotopic (exact) mass is 418 g/mol. The van der Waals surface area contributed by atoms with Crippen molar-refractivity contribution in [3.63, 3.8) is 0 Å². The predicted octanol–water partition coefficient (Wildman–Crippen LogP) is 2.52. The number of rotatable bonds is 7.